The maximum absolute atomic E-state index is 12.7. The van der Waals surface area contributed by atoms with E-state index in [9.17, 15) is 30.0 Å². The summed E-state index contributed by atoms with van der Waals surface area (Å²) in [6.07, 6.45) is 29.5. The molecule has 0 spiro atoms. The lowest BCUT2D eigenvalue weighted by Crippen LogP contribution is -2.59. The van der Waals surface area contributed by atoms with Crippen LogP contribution in [0.2, 0.25) is 0 Å². The van der Waals surface area contributed by atoms with Crippen molar-refractivity contribution in [1.29, 1.82) is 0 Å². The number of carbonyl (C=O) groups is 2. The van der Waals surface area contributed by atoms with Gasteiger partial charge in [-0.1, -0.05) is 107 Å². The first-order chi connectivity index (χ1) is 24.8. The summed E-state index contributed by atoms with van der Waals surface area (Å²) in [6.45, 7) is 3.18. The minimum absolute atomic E-state index is 0.173. The van der Waals surface area contributed by atoms with E-state index < -0.39 is 55.4 Å². The van der Waals surface area contributed by atoms with Crippen LogP contribution in [0.25, 0.3) is 0 Å². The average molecular weight is 721 g/mol. The molecule has 1 heterocycles. The molecule has 6 atom stereocenters. The fourth-order valence-corrected chi connectivity index (χ4v) is 5.27. The normalized spacial score (nSPS) is 21.9. The predicted molar refractivity (Wildman–Crippen MR) is 201 cm³/mol. The second kappa shape index (κ2) is 32.1. The highest BCUT2D eigenvalue weighted by Crippen LogP contribution is 2.22. The summed E-state index contributed by atoms with van der Waals surface area (Å²) >= 11 is 0. The standard InChI is InChI=1S/C41H68O10/c1-3-5-7-9-11-13-15-16-17-18-20-22-24-26-28-30-37(44)50-34(33-49-41-40(47)39(46)38(45)35(31-42)51-41)32-48-36(43)29-27-25-23-21-19-14-12-10-8-6-4-2/h5,7,10-13,16-17,20,22,34-35,38-42,45-47H,3-4,6,8-9,14-15,18-19,21,23-33H2,1-2H3/b7-5+,12-10+,13-11+,17-16+,22-20+/t34-,35-,38+,39?,40?,41-/m1/s1. The van der Waals surface area contributed by atoms with Crippen LogP contribution in [0, 0.1) is 0 Å². The third-order valence-corrected chi connectivity index (χ3v) is 8.39. The van der Waals surface area contributed by atoms with E-state index in [2.05, 4.69) is 74.6 Å². The highest BCUT2D eigenvalue weighted by atomic mass is 16.7. The second-order valence-corrected chi connectivity index (χ2v) is 13.0. The Morgan fingerprint density at radius 3 is 1.80 bits per heavy atom. The van der Waals surface area contributed by atoms with Gasteiger partial charge in [0.15, 0.2) is 12.4 Å². The van der Waals surface area contributed by atoms with Gasteiger partial charge in [0.2, 0.25) is 0 Å². The Morgan fingerprint density at radius 1 is 0.627 bits per heavy atom. The summed E-state index contributed by atoms with van der Waals surface area (Å²) in [5.41, 5.74) is 0. The van der Waals surface area contributed by atoms with E-state index in [0.717, 1.165) is 77.0 Å². The van der Waals surface area contributed by atoms with Crippen LogP contribution in [-0.2, 0) is 28.5 Å². The SMILES string of the molecule is CC/C=C/C/C=C/C/C=C/C/C=C/CCCCC(=O)O[C@H](COC(=O)CCCCCCC/C=C/CCCC)CO[C@@H]1O[C@H](CO)[C@H](O)C(O)C1O. The lowest BCUT2D eigenvalue weighted by atomic mass is 9.99. The molecule has 1 fully saturated rings. The first-order valence-electron chi connectivity index (χ1n) is 19.4. The third kappa shape index (κ3) is 24.3. The smallest absolute Gasteiger partial charge is 0.306 e. The number of hydrogen-bond donors (Lipinski definition) is 4. The van der Waals surface area contributed by atoms with Crippen molar-refractivity contribution in [2.45, 2.75) is 166 Å². The summed E-state index contributed by atoms with van der Waals surface area (Å²) in [6, 6.07) is 0. The molecule has 0 amide bonds. The number of carbonyl (C=O) groups excluding carboxylic acids is 2. The van der Waals surface area contributed by atoms with Gasteiger partial charge in [-0.25, -0.2) is 0 Å². The molecular weight excluding hydrogens is 652 g/mol. The molecule has 1 aliphatic rings. The molecule has 2 unspecified atom stereocenters. The average Bonchev–Trinajstić information content (AvgIpc) is 3.13. The fraction of sp³-hybridized carbons (Fsp3) is 0.707. The largest absolute Gasteiger partial charge is 0.462 e. The van der Waals surface area contributed by atoms with Crippen LogP contribution >= 0.6 is 0 Å². The van der Waals surface area contributed by atoms with Crippen LogP contribution in [-0.4, -0.2) is 89.0 Å². The van der Waals surface area contributed by atoms with Gasteiger partial charge in [0.25, 0.3) is 0 Å². The van der Waals surface area contributed by atoms with Crippen molar-refractivity contribution in [3.05, 3.63) is 60.8 Å². The van der Waals surface area contributed by atoms with Crippen molar-refractivity contribution in [2.75, 3.05) is 19.8 Å². The molecule has 292 valence electrons. The minimum Gasteiger partial charge on any atom is -0.462 e. The molecule has 4 N–H and O–H groups in total. The van der Waals surface area contributed by atoms with E-state index in [1.807, 2.05) is 0 Å². The molecule has 0 aromatic carbocycles. The molecule has 10 nitrogen and oxygen atoms in total. The van der Waals surface area contributed by atoms with Crippen molar-refractivity contribution in [3.63, 3.8) is 0 Å². The number of aliphatic hydroxyl groups is 4. The maximum atomic E-state index is 12.7. The number of ether oxygens (including phenoxy) is 4. The molecule has 0 aliphatic carbocycles. The zero-order chi connectivity index (χ0) is 37.4. The maximum Gasteiger partial charge on any atom is 0.306 e. The van der Waals surface area contributed by atoms with Crippen molar-refractivity contribution < 1.29 is 49.0 Å². The number of hydrogen-bond acceptors (Lipinski definition) is 10. The van der Waals surface area contributed by atoms with Crippen LogP contribution in [0.15, 0.2) is 60.8 Å². The van der Waals surface area contributed by atoms with E-state index in [1.165, 1.54) is 12.8 Å². The van der Waals surface area contributed by atoms with Crippen LogP contribution < -0.4 is 0 Å². The third-order valence-electron chi connectivity index (χ3n) is 8.39. The summed E-state index contributed by atoms with van der Waals surface area (Å²) in [5.74, 6) is -0.875. The number of esters is 2. The van der Waals surface area contributed by atoms with Gasteiger partial charge < -0.3 is 39.4 Å². The highest BCUT2D eigenvalue weighted by molar-refractivity contribution is 5.70. The monoisotopic (exact) mass is 720 g/mol. The Kier molecular flexibility index (Phi) is 29.2. The predicted octanol–water partition coefficient (Wildman–Crippen LogP) is 7.10. The quantitative estimate of drug-likeness (QED) is 0.0344. The summed E-state index contributed by atoms with van der Waals surface area (Å²) in [5, 5.41) is 39.9. The van der Waals surface area contributed by atoms with E-state index >= 15 is 0 Å². The Balaban J connectivity index is 2.45. The molecule has 0 aromatic heterocycles. The van der Waals surface area contributed by atoms with E-state index in [0.29, 0.717) is 12.8 Å². The Bertz CT molecular complexity index is 1020. The first kappa shape index (κ1) is 46.4. The highest BCUT2D eigenvalue weighted by Gasteiger charge is 2.44. The van der Waals surface area contributed by atoms with Crippen LogP contribution in [0.5, 0.6) is 0 Å². The molecule has 10 heteroatoms. The number of allylic oxidation sites excluding steroid dienone is 10. The second-order valence-electron chi connectivity index (χ2n) is 13.0. The number of rotatable bonds is 30. The summed E-state index contributed by atoms with van der Waals surface area (Å²) in [4.78, 5) is 25.1. The molecule has 0 bridgehead atoms. The molecule has 51 heavy (non-hydrogen) atoms. The van der Waals surface area contributed by atoms with E-state index in [1.54, 1.807) is 0 Å². The zero-order valence-corrected chi connectivity index (χ0v) is 31.3. The van der Waals surface area contributed by atoms with Crippen LogP contribution in [0.3, 0.4) is 0 Å². The Labute approximate surface area is 307 Å². The molecule has 0 radical (unpaired) electrons. The molecule has 1 aliphatic heterocycles. The van der Waals surface area contributed by atoms with Crippen molar-refractivity contribution in [2.24, 2.45) is 0 Å². The van der Waals surface area contributed by atoms with Crippen LogP contribution in [0.1, 0.15) is 129 Å². The van der Waals surface area contributed by atoms with Gasteiger partial charge >= 0.3 is 11.9 Å². The fourth-order valence-electron chi connectivity index (χ4n) is 5.27. The van der Waals surface area contributed by atoms with Gasteiger partial charge in [-0.05, 0) is 70.6 Å². The van der Waals surface area contributed by atoms with Crippen molar-refractivity contribution in [3.8, 4) is 0 Å². The van der Waals surface area contributed by atoms with Gasteiger partial charge in [-0.3, -0.25) is 9.59 Å². The van der Waals surface area contributed by atoms with Gasteiger partial charge in [0.1, 0.15) is 31.0 Å². The van der Waals surface area contributed by atoms with Gasteiger partial charge in [0.05, 0.1) is 13.2 Å². The molecule has 0 saturated carbocycles. The molecule has 1 saturated heterocycles. The van der Waals surface area contributed by atoms with Gasteiger partial charge in [-0.15, -0.1) is 0 Å². The van der Waals surface area contributed by atoms with Gasteiger partial charge in [0, 0.05) is 12.8 Å². The lowest BCUT2D eigenvalue weighted by molar-refractivity contribution is -0.305. The van der Waals surface area contributed by atoms with Gasteiger partial charge in [-0.2, -0.15) is 0 Å². The minimum atomic E-state index is -1.60. The number of unbranched alkanes of at least 4 members (excludes halogenated alkanes) is 9. The topological polar surface area (TPSA) is 152 Å². The Morgan fingerprint density at radius 2 is 1.16 bits per heavy atom. The number of aliphatic hydroxyl groups excluding tert-OH is 4. The Hall–Kier alpha value is -2.60. The lowest BCUT2D eigenvalue weighted by Gasteiger charge is -2.39. The molecule has 0 aromatic rings. The summed E-state index contributed by atoms with van der Waals surface area (Å²) < 4.78 is 22.0. The van der Waals surface area contributed by atoms with Crippen molar-refractivity contribution in [1.82, 2.24) is 0 Å². The first-order valence-corrected chi connectivity index (χ1v) is 19.4. The van der Waals surface area contributed by atoms with Crippen molar-refractivity contribution >= 4 is 11.9 Å². The van der Waals surface area contributed by atoms with E-state index in [4.69, 9.17) is 18.9 Å². The molecular formula is C41H68O10. The van der Waals surface area contributed by atoms with E-state index in [-0.39, 0.29) is 26.1 Å². The van der Waals surface area contributed by atoms with Crippen LogP contribution in [0.4, 0.5) is 0 Å². The summed E-state index contributed by atoms with van der Waals surface area (Å²) in [7, 11) is 0. The molecule has 1 rings (SSSR count). The zero-order valence-electron chi connectivity index (χ0n) is 31.3.